The van der Waals surface area contributed by atoms with Gasteiger partial charge in [-0.15, -0.1) is 0 Å². The van der Waals surface area contributed by atoms with E-state index in [1.807, 2.05) is 6.92 Å². The Morgan fingerprint density at radius 1 is 1.41 bits per heavy atom. The van der Waals surface area contributed by atoms with Gasteiger partial charge in [0.2, 0.25) is 7.01 Å². The molecular weight excluding hydrogens is 355 g/mol. The molecule has 0 atom stereocenters. The third kappa shape index (κ3) is 4.63. The SMILES string of the molecule is COC(=O)c1ccc(CCS(=O)(=O)I)c(C)c1. The number of ether oxygens (including phenoxy) is 1. The standard InChI is InChI=1S/C11H13IO4S/c1-8-7-10(11(13)16-2)4-3-9(8)5-6-17(12,14)15/h3-4,7H,5-6H2,1-2H3. The summed E-state index contributed by atoms with van der Waals surface area (Å²) in [7, 11) is -1.66. The Balaban J connectivity index is 2.87. The molecule has 1 rings (SSSR count). The van der Waals surface area contributed by atoms with E-state index in [0.29, 0.717) is 12.0 Å². The lowest BCUT2D eigenvalue weighted by atomic mass is 10.0. The van der Waals surface area contributed by atoms with Crippen molar-refractivity contribution in [1.82, 2.24) is 0 Å². The van der Waals surface area contributed by atoms with E-state index in [1.54, 1.807) is 18.2 Å². The van der Waals surface area contributed by atoms with E-state index in [4.69, 9.17) is 0 Å². The van der Waals surface area contributed by atoms with Crippen molar-refractivity contribution >= 4 is 34.2 Å². The van der Waals surface area contributed by atoms with Crippen LogP contribution in [0, 0.1) is 6.92 Å². The topological polar surface area (TPSA) is 60.4 Å². The third-order valence-corrected chi connectivity index (χ3v) is 4.39. The third-order valence-electron chi connectivity index (χ3n) is 2.38. The lowest BCUT2D eigenvalue weighted by Crippen LogP contribution is -2.05. The van der Waals surface area contributed by atoms with Crippen LogP contribution in [0.5, 0.6) is 0 Å². The number of esters is 1. The van der Waals surface area contributed by atoms with Gasteiger partial charge in [0.1, 0.15) is 0 Å². The van der Waals surface area contributed by atoms with Crippen LogP contribution in [0.3, 0.4) is 0 Å². The molecule has 1 aromatic rings. The number of carbonyl (C=O) groups is 1. The lowest BCUT2D eigenvalue weighted by Gasteiger charge is -2.06. The fraction of sp³-hybridized carbons (Fsp3) is 0.364. The second-order valence-corrected chi connectivity index (χ2v) is 9.14. The molecular formula is C11H13IO4S. The number of hydrogen-bond acceptors (Lipinski definition) is 4. The molecule has 0 N–H and O–H groups in total. The van der Waals surface area contributed by atoms with Crippen molar-refractivity contribution in [2.45, 2.75) is 13.3 Å². The highest BCUT2D eigenvalue weighted by Gasteiger charge is 2.10. The molecule has 0 saturated carbocycles. The average Bonchev–Trinajstić information content (AvgIpc) is 2.25. The van der Waals surface area contributed by atoms with Crippen molar-refractivity contribution in [2.24, 2.45) is 0 Å². The van der Waals surface area contributed by atoms with Crippen molar-refractivity contribution in [3.05, 3.63) is 34.9 Å². The van der Waals surface area contributed by atoms with E-state index in [-0.39, 0.29) is 11.7 Å². The van der Waals surface area contributed by atoms with Gasteiger partial charge in [0.15, 0.2) is 0 Å². The summed E-state index contributed by atoms with van der Waals surface area (Å²) >= 11 is 1.44. The second kappa shape index (κ2) is 5.81. The van der Waals surface area contributed by atoms with Crippen molar-refractivity contribution in [1.29, 1.82) is 0 Å². The van der Waals surface area contributed by atoms with Crippen molar-refractivity contribution in [3.8, 4) is 0 Å². The molecule has 17 heavy (non-hydrogen) atoms. The smallest absolute Gasteiger partial charge is 0.337 e. The Hall–Kier alpha value is -0.630. The van der Waals surface area contributed by atoms with Crippen LogP contribution in [-0.2, 0) is 18.2 Å². The molecule has 94 valence electrons. The molecule has 0 aromatic heterocycles. The number of carbonyl (C=O) groups excluding carboxylic acids is 1. The molecule has 0 aliphatic heterocycles. The molecule has 0 saturated heterocycles. The van der Waals surface area contributed by atoms with Gasteiger partial charge in [-0.05, 0) is 36.6 Å². The van der Waals surface area contributed by atoms with Crippen LogP contribution in [0.2, 0.25) is 0 Å². The second-order valence-electron chi connectivity index (χ2n) is 3.63. The first-order valence-electron chi connectivity index (χ1n) is 4.93. The van der Waals surface area contributed by atoms with E-state index >= 15 is 0 Å². The Kier molecular flexibility index (Phi) is 4.93. The van der Waals surface area contributed by atoms with Crippen LogP contribution in [0.4, 0.5) is 0 Å². The van der Waals surface area contributed by atoms with Crippen molar-refractivity contribution in [2.75, 3.05) is 12.9 Å². The lowest BCUT2D eigenvalue weighted by molar-refractivity contribution is 0.0600. The summed E-state index contributed by atoms with van der Waals surface area (Å²) in [6.45, 7) is 1.85. The van der Waals surface area contributed by atoms with Crippen LogP contribution in [0.15, 0.2) is 18.2 Å². The van der Waals surface area contributed by atoms with E-state index in [2.05, 4.69) is 4.74 Å². The van der Waals surface area contributed by atoms with Crippen LogP contribution in [0.1, 0.15) is 21.5 Å². The summed E-state index contributed by atoms with van der Waals surface area (Å²) in [4.78, 5) is 11.3. The first kappa shape index (κ1) is 14.4. The van der Waals surface area contributed by atoms with Gasteiger partial charge in [-0.3, -0.25) is 0 Å². The molecule has 0 aliphatic rings. The van der Waals surface area contributed by atoms with Gasteiger partial charge in [0.25, 0.3) is 0 Å². The van der Waals surface area contributed by atoms with Gasteiger partial charge in [-0.25, -0.2) is 13.2 Å². The van der Waals surface area contributed by atoms with E-state index < -0.39 is 7.01 Å². The largest absolute Gasteiger partial charge is 0.465 e. The molecule has 0 fully saturated rings. The summed E-state index contributed by atoms with van der Waals surface area (Å²) in [6.07, 6.45) is 0.457. The monoisotopic (exact) mass is 368 g/mol. The van der Waals surface area contributed by atoms with Gasteiger partial charge in [0, 0.05) is 0 Å². The fourth-order valence-corrected chi connectivity index (χ4v) is 2.58. The Bertz CT molecular complexity index is 522. The van der Waals surface area contributed by atoms with Gasteiger partial charge in [0.05, 0.1) is 39.6 Å². The number of halogens is 1. The Morgan fingerprint density at radius 3 is 2.53 bits per heavy atom. The summed E-state index contributed by atoms with van der Waals surface area (Å²) in [6, 6.07) is 5.12. The summed E-state index contributed by atoms with van der Waals surface area (Å²) in [5.41, 5.74) is 2.30. The molecule has 0 unspecified atom stereocenters. The van der Waals surface area contributed by atoms with E-state index in [1.165, 1.54) is 28.3 Å². The van der Waals surface area contributed by atoms with E-state index in [0.717, 1.165) is 11.1 Å². The summed E-state index contributed by atoms with van der Waals surface area (Å²) < 4.78 is 26.7. The predicted molar refractivity (Wildman–Crippen MR) is 74.0 cm³/mol. The maximum absolute atomic E-state index is 11.3. The van der Waals surface area contributed by atoms with Gasteiger partial charge in [-0.2, -0.15) is 0 Å². The van der Waals surface area contributed by atoms with Gasteiger partial charge < -0.3 is 4.74 Å². The van der Waals surface area contributed by atoms with Crippen LogP contribution >= 0.6 is 21.2 Å². The number of benzene rings is 1. The van der Waals surface area contributed by atoms with Crippen LogP contribution in [0.25, 0.3) is 0 Å². The molecule has 6 heteroatoms. The first-order valence-corrected chi connectivity index (χ1v) is 9.13. The number of rotatable bonds is 4. The molecule has 0 radical (unpaired) electrons. The molecule has 0 spiro atoms. The minimum absolute atomic E-state index is 0.103. The summed E-state index contributed by atoms with van der Waals surface area (Å²) in [5, 5.41) is 0. The molecule has 4 nitrogen and oxygen atoms in total. The molecule has 0 bridgehead atoms. The zero-order valence-electron chi connectivity index (χ0n) is 9.57. The van der Waals surface area contributed by atoms with Crippen LogP contribution < -0.4 is 0 Å². The normalized spacial score (nSPS) is 11.2. The van der Waals surface area contributed by atoms with Crippen molar-refractivity contribution in [3.63, 3.8) is 0 Å². The molecule has 0 amide bonds. The molecule has 1 aromatic carbocycles. The maximum Gasteiger partial charge on any atom is 0.337 e. The number of aryl methyl sites for hydroxylation is 2. The van der Waals surface area contributed by atoms with Gasteiger partial charge in [-0.1, -0.05) is 6.07 Å². The minimum Gasteiger partial charge on any atom is -0.465 e. The quantitative estimate of drug-likeness (QED) is 0.464. The Morgan fingerprint density at radius 2 is 2.06 bits per heavy atom. The molecule has 0 aliphatic carbocycles. The van der Waals surface area contributed by atoms with Crippen LogP contribution in [-0.4, -0.2) is 27.2 Å². The van der Waals surface area contributed by atoms with Crippen molar-refractivity contribution < 1.29 is 17.9 Å². The fourth-order valence-electron chi connectivity index (χ4n) is 1.45. The highest BCUT2D eigenvalue weighted by molar-refractivity contribution is 14.2. The predicted octanol–water partition coefficient (Wildman–Crippen LogP) is 2.09. The minimum atomic E-state index is -2.99. The summed E-state index contributed by atoms with van der Waals surface area (Å²) in [5.74, 6) is -0.285. The maximum atomic E-state index is 11.3. The van der Waals surface area contributed by atoms with E-state index in [9.17, 15) is 13.2 Å². The van der Waals surface area contributed by atoms with Gasteiger partial charge >= 0.3 is 5.97 Å². The molecule has 0 heterocycles. The zero-order valence-corrected chi connectivity index (χ0v) is 12.5. The highest BCUT2D eigenvalue weighted by atomic mass is 127. The number of methoxy groups -OCH3 is 1. The highest BCUT2D eigenvalue weighted by Crippen LogP contribution is 2.14. The first-order chi connectivity index (χ1) is 7.83. The Labute approximate surface area is 113 Å². The average molecular weight is 368 g/mol. The zero-order chi connectivity index (χ0) is 13.1. The number of hydrogen-bond donors (Lipinski definition) is 0.